The summed E-state index contributed by atoms with van der Waals surface area (Å²) in [7, 11) is 0. The number of aromatic amines is 1. The van der Waals surface area contributed by atoms with Crippen LogP contribution in [0.15, 0.2) is 53.7 Å². The highest BCUT2D eigenvalue weighted by atomic mass is 16.3. The molecule has 3 rings (SSSR count). The van der Waals surface area contributed by atoms with Crippen LogP contribution in [0.25, 0.3) is 11.3 Å². The van der Waals surface area contributed by atoms with Gasteiger partial charge in [-0.05, 0) is 12.1 Å². The second kappa shape index (κ2) is 6.89. The van der Waals surface area contributed by atoms with Crippen LogP contribution in [0.5, 0.6) is 0 Å². The first kappa shape index (κ1) is 15.0. The maximum atomic E-state index is 12.6. The molecule has 23 heavy (non-hydrogen) atoms. The van der Waals surface area contributed by atoms with Crippen LogP contribution in [0.3, 0.4) is 0 Å². The SMILES string of the molecule is O=C(c1ccc(-c2cnco2)cc1)N(CCO)Cc1ncc[nH]1. The first-order chi connectivity index (χ1) is 11.3. The van der Waals surface area contributed by atoms with Gasteiger partial charge in [-0.3, -0.25) is 4.79 Å². The molecule has 0 spiro atoms. The van der Waals surface area contributed by atoms with Crippen molar-refractivity contribution in [3.05, 3.63) is 60.6 Å². The number of aliphatic hydroxyl groups excluding tert-OH is 1. The van der Waals surface area contributed by atoms with Crippen molar-refractivity contribution >= 4 is 5.91 Å². The summed E-state index contributed by atoms with van der Waals surface area (Å²) < 4.78 is 5.22. The van der Waals surface area contributed by atoms with Gasteiger partial charge < -0.3 is 19.4 Å². The predicted octanol–water partition coefficient (Wildman–Crippen LogP) is 1.70. The van der Waals surface area contributed by atoms with E-state index in [4.69, 9.17) is 4.42 Å². The average Bonchev–Trinajstić information content (AvgIpc) is 3.28. The third-order valence-electron chi connectivity index (χ3n) is 3.40. The number of nitrogens with one attached hydrogen (secondary N) is 1. The van der Waals surface area contributed by atoms with Crippen molar-refractivity contribution in [2.24, 2.45) is 0 Å². The number of rotatable bonds is 6. The number of nitrogens with zero attached hydrogens (tertiary/aromatic N) is 3. The molecule has 118 valence electrons. The highest BCUT2D eigenvalue weighted by Crippen LogP contribution is 2.19. The van der Waals surface area contributed by atoms with Crippen LogP contribution in [-0.4, -0.2) is 44.0 Å². The Morgan fingerprint density at radius 2 is 2.13 bits per heavy atom. The Kier molecular flexibility index (Phi) is 4.49. The molecule has 0 radical (unpaired) electrons. The number of aromatic nitrogens is 3. The number of H-pyrrole nitrogens is 1. The van der Waals surface area contributed by atoms with Gasteiger partial charge in [-0.2, -0.15) is 0 Å². The van der Waals surface area contributed by atoms with Crippen molar-refractivity contribution in [2.45, 2.75) is 6.54 Å². The van der Waals surface area contributed by atoms with Crippen LogP contribution in [0, 0.1) is 0 Å². The number of hydrogen-bond acceptors (Lipinski definition) is 5. The largest absolute Gasteiger partial charge is 0.444 e. The van der Waals surface area contributed by atoms with Crippen LogP contribution in [-0.2, 0) is 6.54 Å². The molecule has 2 aromatic heterocycles. The minimum Gasteiger partial charge on any atom is -0.444 e. The van der Waals surface area contributed by atoms with Gasteiger partial charge in [0, 0.05) is 30.1 Å². The van der Waals surface area contributed by atoms with Crippen LogP contribution in [0.1, 0.15) is 16.2 Å². The smallest absolute Gasteiger partial charge is 0.254 e. The van der Waals surface area contributed by atoms with E-state index in [0.29, 0.717) is 23.7 Å². The van der Waals surface area contributed by atoms with Gasteiger partial charge in [0.2, 0.25) is 0 Å². The molecule has 7 nitrogen and oxygen atoms in total. The lowest BCUT2D eigenvalue weighted by molar-refractivity contribution is 0.0703. The monoisotopic (exact) mass is 312 g/mol. The lowest BCUT2D eigenvalue weighted by Crippen LogP contribution is -2.33. The van der Waals surface area contributed by atoms with Gasteiger partial charge in [0.15, 0.2) is 12.2 Å². The molecule has 2 N–H and O–H groups in total. The quantitative estimate of drug-likeness (QED) is 0.722. The summed E-state index contributed by atoms with van der Waals surface area (Å²) in [5, 5.41) is 9.19. The highest BCUT2D eigenvalue weighted by molar-refractivity contribution is 5.94. The number of carbonyl (C=O) groups is 1. The molecule has 0 aliphatic heterocycles. The van der Waals surface area contributed by atoms with E-state index >= 15 is 0 Å². The van der Waals surface area contributed by atoms with E-state index in [-0.39, 0.29) is 19.1 Å². The first-order valence-corrected chi connectivity index (χ1v) is 7.15. The Labute approximate surface area is 132 Å². The van der Waals surface area contributed by atoms with Crippen molar-refractivity contribution in [3.63, 3.8) is 0 Å². The molecule has 1 amide bonds. The number of aliphatic hydroxyl groups is 1. The van der Waals surface area contributed by atoms with E-state index in [1.807, 2.05) is 0 Å². The molecule has 0 saturated heterocycles. The molecule has 0 aliphatic rings. The minimum absolute atomic E-state index is 0.109. The van der Waals surface area contributed by atoms with E-state index in [9.17, 15) is 9.90 Å². The maximum Gasteiger partial charge on any atom is 0.254 e. The van der Waals surface area contributed by atoms with Crippen molar-refractivity contribution in [1.29, 1.82) is 0 Å². The summed E-state index contributed by atoms with van der Waals surface area (Å²) in [6, 6.07) is 7.06. The number of amides is 1. The van der Waals surface area contributed by atoms with Crippen molar-refractivity contribution in [1.82, 2.24) is 19.9 Å². The van der Waals surface area contributed by atoms with Gasteiger partial charge in [0.1, 0.15) is 5.82 Å². The second-order valence-corrected chi connectivity index (χ2v) is 4.93. The molecular formula is C16H16N4O3. The summed E-state index contributed by atoms with van der Waals surface area (Å²) in [6.45, 7) is 0.447. The molecular weight excluding hydrogens is 296 g/mol. The zero-order valence-electron chi connectivity index (χ0n) is 12.3. The van der Waals surface area contributed by atoms with Crippen LogP contribution >= 0.6 is 0 Å². The maximum absolute atomic E-state index is 12.6. The van der Waals surface area contributed by atoms with Crippen LogP contribution in [0.4, 0.5) is 0 Å². The molecule has 2 heterocycles. The fourth-order valence-corrected chi connectivity index (χ4v) is 2.26. The Balaban J connectivity index is 1.76. The topological polar surface area (TPSA) is 95.2 Å². The minimum atomic E-state index is -0.167. The summed E-state index contributed by atoms with van der Waals surface area (Å²) in [4.78, 5) is 25.1. The summed E-state index contributed by atoms with van der Waals surface area (Å²) in [5.41, 5.74) is 1.38. The van der Waals surface area contributed by atoms with Crippen molar-refractivity contribution < 1.29 is 14.3 Å². The third-order valence-corrected chi connectivity index (χ3v) is 3.40. The number of imidazole rings is 1. The standard InChI is InChI=1S/C16H16N4O3/c21-8-7-20(10-15-18-5-6-19-15)16(22)13-3-1-12(2-4-13)14-9-17-11-23-14/h1-6,9,11,21H,7-8,10H2,(H,18,19). The molecule has 3 aromatic rings. The molecule has 0 saturated carbocycles. The van der Waals surface area contributed by atoms with E-state index in [1.165, 1.54) is 6.39 Å². The van der Waals surface area contributed by atoms with E-state index < -0.39 is 0 Å². The summed E-state index contributed by atoms with van der Waals surface area (Å²) in [6.07, 6.45) is 6.30. The Bertz CT molecular complexity index is 736. The normalized spacial score (nSPS) is 10.7. The number of benzene rings is 1. The van der Waals surface area contributed by atoms with Gasteiger partial charge in [0.25, 0.3) is 5.91 Å². The highest BCUT2D eigenvalue weighted by Gasteiger charge is 2.17. The molecule has 0 bridgehead atoms. The fourth-order valence-electron chi connectivity index (χ4n) is 2.26. The zero-order chi connectivity index (χ0) is 16.1. The summed E-state index contributed by atoms with van der Waals surface area (Å²) >= 11 is 0. The molecule has 7 heteroatoms. The lowest BCUT2D eigenvalue weighted by atomic mass is 10.1. The third kappa shape index (κ3) is 3.46. The van der Waals surface area contributed by atoms with E-state index in [0.717, 1.165) is 5.56 Å². The van der Waals surface area contributed by atoms with Gasteiger partial charge in [-0.15, -0.1) is 0 Å². The Morgan fingerprint density at radius 1 is 1.30 bits per heavy atom. The Hall–Kier alpha value is -2.93. The van der Waals surface area contributed by atoms with Gasteiger partial charge in [0.05, 0.1) is 19.3 Å². The fraction of sp³-hybridized carbons (Fsp3) is 0.188. The zero-order valence-corrected chi connectivity index (χ0v) is 12.3. The van der Waals surface area contributed by atoms with E-state index in [1.54, 1.807) is 47.8 Å². The Morgan fingerprint density at radius 3 is 2.74 bits per heavy atom. The number of carbonyl (C=O) groups excluding carboxylic acids is 1. The van der Waals surface area contributed by atoms with E-state index in [2.05, 4.69) is 15.0 Å². The lowest BCUT2D eigenvalue weighted by Gasteiger charge is -2.20. The average molecular weight is 312 g/mol. The molecule has 0 unspecified atom stereocenters. The number of hydrogen-bond donors (Lipinski definition) is 2. The van der Waals surface area contributed by atoms with Crippen LogP contribution < -0.4 is 0 Å². The first-order valence-electron chi connectivity index (χ1n) is 7.15. The van der Waals surface area contributed by atoms with Crippen molar-refractivity contribution in [2.75, 3.05) is 13.2 Å². The number of oxazole rings is 1. The molecule has 0 fully saturated rings. The summed E-state index contributed by atoms with van der Waals surface area (Å²) in [5.74, 6) is 1.15. The van der Waals surface area contributed by atoms with Gasteiger partial charge in [-0.1, -0.05) is 12.1 Å². The van der Waals surface area contributed by atoms with Gasteiger partial charge in [-0.25, -0.2) is 9.97 Å². The van der Waals surface area contributed by atoms with Crippen molar-refractivity contribution in [3.8, 4) is 11.3 Å². The van der Waals surface area contributed by atoms with Gasteiger partial charge >= 0.3 is 0 Å². The van der Waals surface area contributed by atoms with Crippen LogP contribution in [0.2, 0.25) is 0 Å². The predicted molar refractivity (Wildman–Crippen MR) is 82.4 cm³/mol. The molecule has 0 atom stereocenters. The molecule has 0 aliphatic carbocycles. The second-order valence-electron chi connectivity index (χ2n) is 4.93. The molecule has 1 aromatic carbocycles.